The number of esters is 2. The Morgan fingerprint density at radius 2 is 1.67 bits per heavy atom. The van der Waals surface area contributed by atoms with E-state index in [0.29, 0.717) is 11.2 Å². The molecule has 1 aromatic carbocycles. The highest BCUT2D eigenvalue weighted by molar-refractivity contribution is 6.12. The second-order valence-electron chi connectivity index (χ2n) is 5.13. The number of hydrogen-bond acceptors (Lipinski definition) is 4. The van der Waals surface area contributed by atoms with Gasteiger partial charge in [-0.2, -0.15) is 0 Å². The molecule has 0 saturated carbocycles. The fraction of sp³-hybridized carbons (Fsp3) is 0.158. The maximum atomic E-state index is 12.6. The molecule has 0 aliphatic heterocycles. The van der Waals surface area contributed by atoms with Crippen molar-refractivity contribution in [2.24, 2.45) is 0 Å². The molecule has 0 amide bonds. The first-order valence-corrected chi connectivity index (χ1v) is 7.63. The predicted octanol–water partition coefficient (Wildman–Crippen LogP) is 3.57. The first-order chi connectivity index (χ1) is 11.7. The largest absolute Gasteiger partial charge is 0.465 e. The monoisotopic (exact) mass is 323 g/mol. The lowest BCUT2D eigenvalue weighted by Gasteiger charge is -2.07. The molecule has 0 radical (unpaired) electrons. The summed E-state index contributed by atoms with van der Waals surface area (Å²) in [5.41, 5.74) is 2.48. The molecule has 0 aliphatic carbocycles. The van der Waals surface area contributed by atoms with Gasteiger partial charge in [-0.3, -0.25) is 0 Å². The molecular formula is C19H17NO4. The lowest BCUT2D eigenvalue weighted by Crippen LogP contribution is -2.12. The van der Waals surface area contributed by atoms with Crippen molar-refractivity contribution in [2.75, 3.05) is 13.7 Å². The molecule has 2 aromatic heterocycles. The number of pyridine rings is 1. The zero-order valence-corrected chi connectivity index (χ0v) is 13.5. The highest BCUT2D eigenvalue weighted by Gasteiger charge is 2.30. The van der Waals surface area contributed by atoms with Gasteiger partial charge >= 0.3 is 11.9 Å². The summed E-state index contributed by atoms with van der Waals surface area (Å²) in [6.45, 7) is 1.95. The zero-order valence-electron chi connectivity index (χ0n) is 13.5. The van der Waals surface area contributed by atoms with Crippen LogP contribution >= 0.6 is 0 Å². The molecule has 0 unspecified atom stereocenters. The lowest BCUT2D eigenvalue weighted by molar-refractivity contribution is 0.0506. The summed E-state index contributed by atoms with van der Waals surface area (Å²) in [5, 5.41) is 0. The fourth-order valence-corrected chi connectivity index (χ4v) is 2.80. The Labute approximate surface area is 139 Å². The van der Waals surface area contributed by atoms with Gasteiger partial charge in [-0.25, -0.2) is 9.59 Å². The van der Waals surface area contributed by atoms with Crippen LogP contribution in [-0.2, 0) is 9.47 Å². The molecule has 5 heteroatoms. The number of carbonyl (C=O) groups is 2. The smallest absolute Gasteiger partial charge is 0.341 e. The number of nitrogens with zero attached hydrogens (tertiary/aromatic N) is 1. The van der Waals surface area contributed by atoms with Crippen LogP contribution in [0.2, 0.25) is 0 Å². The van der Waals surface area contributed by atoms with Crippen molar-refractivity contribution < 1.29 is 19.1 Å². The molecule has 5 nitrogen and oxygen atoms in total. The molecule has 3 aromatic rings. The van der Waals surface area contributed by atoms with Gasteiger partial charge in [0.05, 0.1) is 24.9 Å². The SMILES string of the molecule is CCOC(=O)c1c(C(=O)OC)c2ccccn2c1-c1ccccc1. The van der Waals surface area contributed by atoms with Crippen LogP contribution in [-0.4, -0.2) is 30.1 Å². The standard InChI is InChI=1S/C19H17NO4/c1-3-24-19(22)16-15(18(21)23-2)14-11-7-8-12-20(14)17(16)13-9-5-4-6-10-13/h4-12H,3H2,1-2H3. The Morgan fingerprint density at radius 3 is 2.33 bits per heavy atom. The molecule has 24 heavy (non-hydrogen) atoms. The van der Waals surface area contributed by atoms with Crippen LogP contribution < -0.4 is 0 Å². The summed E-state index contributed by atoms with van der Waals surface area (Å²) in [7, 11) is 1.30. The van der Waals surface area contributed by atoms with E-state index in [-0.39, 0.29) is 17.7 Å². The minimum atomic E-state index is -0.566. The summed E-state index contributed by atoms with van der Waals surface area (Å²) < 4.78 is 11.9. The summed E-state index contributed by atoms with van der Waals surface area (Å²) in [6, 6.07) is 14.9. The number of methoxy groups -OCH3 is 1. The van der Waals surface area contributed by atoms with E-state index in [1.807, 2.05) is 53.1 Å². The van der Waals surface area contributed by atoms with Crippen molar-refractivity contribution in [1.82, 2.24) is 4.40 Å². The Balaban J connectivity index is 2.42. The molecule has 0 fully saturated rings. The van der Waals surface area contributed by atoms with Gasteiger partial charge in [-0.1, -0.05) is 36.4 Å². The average molecular weight is 323 g/mol. The third kappa shape index (κ3) is 2.54. The van der Waals surface area contributed by atoms with E-state index in [2.05, 4.69) is 0 Å². The van der Waals surface area contributed by atoms with Crippen molar-refractivity contribution in [3.05, 3.63) is 65.9 Å². The number of aromatic nitrogens is 1. The predicted molar refractivity (Wildman–Crippen MR) is 90.1 cm³/mol. The van der Waals surface area contributed by atoms with E-state index in [1.54, 1.807) is 13.0 Å². The summed E-state index contributed by atoms with van der Waals surface area (Å²) >= 11 is 0. The molecule has 0 bridgehead atoms. The van der Waals surface area contributed by atoms with E-state index >= 15 is 0 Å². The van der Waals surface area contributed by atoms with Crippen molar-refractivity contribution >= 4 is 17.5 Å². The first kappa shape index (κ1) is 15.8. The summed E-state index contributed by atoms with van der Waals surface area (Å²) in [5.74, 6) is -1.11. The van der Waals surface area contributed by atoms with Crippen LogP contribution in [0.15, 0.2) is 54.7 Å². The van der Waals surface area contributed by atoms with Crippen molar-refractivity contribution in [2.45, 2.75) is 6.92 Å². The summed E-state index contributed by atoms with van der Waals surface area (Å²) in [6.07, 6.45) is 1.81. The third-order valence-corrected chi connectivity index (χ3v) is 3.76. The summed E-state index contributed by atoms with van der Waals surface area (Å²) in [4.78, 5) is 25.0. The van der Waals surface area contributed by atoms with E-state index in [1.165, 1.54) is 7.11 Å². The van der Waals surface area contributed by atoms with Crippen molar-refractivity contribution in [3.8, 4) is 11.3 Å². The topological polar surface area (TPSA) is 57.0 Å². The van der Waals surface area contributed by atoms with Gasteiger partial charge in [0.1, 0.15) is 11.1 Å². The lowest BCUT2D eigenvalue weighted by atomic mass is 10.0. The Morgan fingerprint density at radius 1 is 0.958 bits per heavy atom. The molecule has 0 spiro atoms. The molecule has 0 saturated heterocycles. The van der Waals surface area contributed by atoms with Crippen LogP contribution in [0.1, 0.15) is 27.6 Å². The van der Waals surface area contributed by atoms with E-state index < -0.39 is 11.9 Å². The highest BCUT2D eigenvalue weighted by atomic mass is 16.5. The number of benzene rings is 1. The van der Waals surface area contributed by atoms with Crippen LogP contribution in [0.5, 0.6) is 0 Å². The van der Waals surface area contributed by atoms with Gasteiger partial charge in [0, 0.05) is 6.20 Å². The van der Waals surface area contributed by atoms with E-state index in [9.17, 15) is 9.59 Å². The van der Waals surface area contributed by atoms with Gasteiger partial charge in [0.15, 0.2) is 0 Å². The van der Waals surface area contributed by atoms with E-state index in [0.717, 1.165) is 5.56 Å². The Kier molecular flexibility index (Phi) is 4.33. The van der Waals surface area contributed by atoms with Crippen LogP contribution in [0.3, 0.4) is 0 Å². The van der Waals surface area contributed by atoms with Crippen molar-refractivity contribution in [1.29, 1.82) is 0 Å². The highest BCUT2D eigenvalue weighted by Crippen LogP contribution is 2.33. The maximum Gasteiger partial charge on any atom is 0.341 e. The molecule has 0 N–H and O–H groups in total. The minimum absolute atomic E-state index is 0.218. The second kappa shape index (κ2) is 6.58. The molecule has 0 aliphatic rings. The van der Waals surface area contributed by atoms with Crippen LogP contribution in [0, 0.1) is 0 Å². The Hall–Kier alpha value is -3.08. The molecule has 2 heterocycles. The number of rotatable bonds is 4. The first-order valence-electron chi connectivity index (χ1n) is 7.63. The zero-order chi connectivity index (χ0) is 17.1. The number of carbonyl (C=O) groups excluding carboxylic acids is 2. The average Bonchev–Trinajstić information content (AvgIpc) is 2.97. The van der Waals surface area contributed by atoms with Gasteiger partial charge in [-0.15, -0.1) is 0 Å². The molecule has 122 valence electrons. The second-order valence-corrected chi connectivity index (χ2v) is 5.13. The Bertz CT molecular complexity index is 896. The van der Waals surface area contributed by atoms with Crippen LogP contribution in [0.25, 0.3) is 16.8 Å². The normalized spacial score (nSPS) is 10.6. The fourth-order valence-electron chi connectivity index (χ4n) is 2.80. The number of fused-ring (bicyclic) bond motifs is 1. The molecular weight excluding hydrogens is 306 g/mol. The molecule has 3 rings (SSSR count). The van der Waals surface area contributed by atoms with Gasteiger partial charge in [0.25, 0.3) is 0 Å². The van der Waals surface area contributed by atoms with E-state index in [4.69, 9.17) is 9.47 Å². The number of hydrogen-bond donors (Lipinski definition) is 0. The van der Waals surface area contributed by atoms with Crippen molar-refractivity contribution in [3.63, 3.8) is 0 Å². The van der Waals surface area contributed by atoms with Gasteiger partial charge in [-0.05, 0) is 24.6 Å². The third-order valence-electron chi connectivity index (χ3n) is 3.76. The number of ether oxygens (including phenoxy) is 2. The quantitative estimate of drug-likeness (QED) is 0.689. The minimum Gasteiger partial charge on any atom is -0.465 e. The maximum absolute atomic E-state index is 12.6. The van der Waals surface area contributed by atoms with Gasteiger partial charge < -0.3 is 13.9 Å². The van der Waals surface area contributed by atoms with Crippen LogP contribution in [0.4, 0.5) is 0 Å². The van der Waals surface area contributed by atoms with Gasteiger partial charge in [0.2, 0.25) is 0 Å². The molecule has 0 atom stereocenters.